The average Bonchev–Trinajstić information content (AvgIpc) is 3.05. The summed E-state index contributed by atoms with van der Waals surface area (Å²) in [6.45, 7) is 2.38. The normalized spacial score (nSPS) is 18.1. The predicted molar refractivity (Wildman–Crippen MR) is 110 cm³/mol. The fourth-order valence-electron chi connectivity index (χ4n) is 3.01. The highest BCUT2D eigenvalue weighted by Gasteiger charge is 2.26. The number of anilines is 2. The molecule has 4 rings (SSSR count). The molecule has 0 unspecified atom stereocenters. The molecule has 4 amide bonds. The van der Waals surface area contributed by atoms with Gasteiger partial charge in [-0.2, -0.15) is 0 Å². The minimum absolute atomic E-state index is 0.127. The highest BCUT2D eigenvalue weighted by molar-refractivity contribution is 8.18. The van der Waals surface area contributed by atoms with Gasteiger partial charge >= 0.3 is 6.03 Å². The van der Waals surface area contributed by atoms with Crippen molar-refractivity contribution in [3.8, 4) is 0 Å². The van der Waals surface area contributed by atoms with Crippen molar-refractivity contribution in [1.82, 2.24) is 20.2 Å². The van der Waals surface area contributed by atoms with Crippen molar-refractivity contribution < 1.29 is 14.4 Å². The number of rotatable bonds is 3. The van der Waals surface area contributed by atoms with Gasteiger partial charge in [-0.05, 0) is 30.0 Å². The lowest BCUT2D eigenvalue weighted by Crippen LogP contribution is -2.50. The molecule has 10 heteroatoms. The number of thioether (sulfide) groups is 1. The zero-order chi connectivity index (χ0) is 20.2. The molecule has 2 aliphatic rings. The molecule has 1 aromatic carbocycles. The average molecular weight is 410 g/mol. The number of carbonyl (C=O) groups is 3. The van der Waals surface area contributed by atoms with Crippen LogP contribution >= 0.6 is 11.8 Å². The van der Waals surface area contributed by atoms with Crippen LogP contribution in [0.15, 0.2) is 47.5 Å². The van der Waals surface area contributed by atoms with Crippen LogP contribution in [0.1, 0.15) is 5.82 Å². The summed E-state index contributed by atoms with van der Waals surface area (Å²) in [6, 6.07) is 11.0. The first-order valence-electron chi connectivity index (χ1n) is 9.02. The number of aromatic nitrogens is 2. The molecule has 0 spiro atoms. The fourth-order valence-corrected chi connectivity index (χ4v) is 3.66. The molecule has 0 aliphatic carbocycles. The Morgan fingerprint density at radius 2 is 1.86 bits per heavy atom. The molecule has 9 nitrogen and oxygen atoms in total. The molecule has 148 valence electrons. The van der Waals surface area contributed by atoms with Gasteiger partial charge in [0.1, 0.15) is 5.82 Å². The van der Waals surface area contributed by atoms with E-state index in [2.05, 4.69) is 25.5 Å². The number of nitrogens with zero attached hydrogens (tertiary/aromatic N) is 4. The predicted octanol–water partition coefficient (Wildman–Crippen LogP) is 2.15. The van der Waals surface area contributed by atoms with E-state index in [1.807, 2.05) is 30.3 Å². The van der Waals surface area contributed by atoms with Crippen molar-refractivity contribution in [1.29, 1.82) is 0 Å². The lowest BCUT2D eigenvalue weighted by Gasteiger charge is -2.35. The minimum Gasteiger partial charge on any atom is -0.353 e. The lowest BCUT2D eigenvalue weighted by atomic mass is 10.3. The molecule has 2 aromatic rings. The summed E-state index contributed by atoms with van der Waals surface area (Å²) in [5.74, 6) is 0.635. The zero-order valence-corrected chi connectivity index (χ0v) is 16.2. The van der Waals surface area contributed by atoms with Crippen molar-refractivity contribution in [2.75, 3.05) is 36.4 Å². The van der Waals surface area contributed by atoms with Crippen molar-refractivity contribution in [2.24, 2.45) is 0 Å². The van der Waals surface area contributed by atoms with Gasteiger partial charge in [0.15, 0.2) is 5.82 Å². The van der Waals surface area contributed by atoms with Crippen LogP contribution in [0.3, 0.4) is 0 Å². The largest absolute Gasteiger partial charge is 0.353 e. The van der Waals surface area contributed by atoms with Crippen LogP contribution in [-0.2, 0) is 4.79 Å². The maximum absolute atomic E-state index is 12.4. The molecular formula is C19H18N6O3S. The number of carbonyl (C=O) groups excluding carboxylic acids is 3. The van der Waals surface area contributed by atoms with E-state index in [1.165, 1.54) is 6.08 Å². The number of nitrogens with one attached hydrogen (secondary N) is 2. The third kappa shape index (κ3) is 4.54. The van der Waals surface area contributed by atoms with Crippen LogP contribution in [0.5, 0.6) is 0 Å². The number of para-hydroxylation sites is 1. The first-order chi connectivity index (χ1) is 14.1. The van der Waals surface area contributed by atoms with Gasteiger partial charge in [-0.25, -0.2) is 14.8 Å². The van der Waals surface area contributed by atoms with E-state index < -0.39 is 11.1 Å². The molecule has 1 aromatic heterocycles. The van der Waals surface area contributed by atoms with E-state index in [1.54, 1.807) is 17.2 Å². The molecule has 2 fully saturated rings. The number of hydrogen-bond acceptors (Lipinski definition) is 7. The molecule has 2 aliphatic heterocycles. The van der Waals surface area contributed by atoms with Crippen molar-refractivity contribution >= 4 is 46.5 Å². The highest BCUT2D eigenvalue weighted by Crippen LogP contribution is 2.25. The molecule has 29 heavy (non-hydrogen) atoms. The first kappa shape index (κ1) is 18.9. The molecule has 3 heterocycles. The van der Waals surface area contributed by atoms with E-state index in [0.717, 1.165) is 17.4 Å². The van der Waals surface area contributed by atoms with Crippen LogP contribution in [0, 0.1) is 0 Å². The third-order valence-corrected chi connectivity index (χ3v) is 5.29. The summed E-state index contributed by atoms with van der Waals surface area (Å²) in [5, 5.41) is 4.70. The number of amides is 4. The first-order valence-corrected chi connectivity index (χ1v) is 9.84. The minimum atomic E-state index is -0.438. The quantitative estimate of drug-likeness (QED) is 0.747. The third-order valence-electron chi connectivity index (χ3n) is 4.48. The van der Waals surface area contributed by atoms with Gasteiger partial charge in [0.2, 0.25) is 0 Å². The Balaban J connectivity index is 1.37. The van der Waals surface area contributed by atoms with E-state index in [0.29, 0.717) is 37.8 Å². The van der Waals surface area contributed by atoms with Gasteiger partial charge in [0, 0.05) is 44.1 Å². The number of hydrogen-bond donors (Lipinski definition) is 2. The molecule has 2 saturated heterocycles. The second-order valence-electron chi connectivity index (χ2n) is 6.40. The van der Waals surface area contributed by atoms with E-state index >= 15 is 0 Å². The topological polar surface area (TPSA) is 108 Å². The van der Waals surface area contributed by atoms with Gasteiger partial charge in [0.05, 0.1) is 4.91 Å². The zero-order valence-electron chi connectivity index (χ0n) is 15.4. The van der Waals surface area contributed by atoms with E-state index in [-0.39, 0.29) is 10.9 Å². The Kier molecular flexibility index (Phi) is 5.43. The van der Waals surface area contributed by atoms with Gasteiger partial charge < -0.3 is 15.1 Å². The van der Waals surface area contributed by atoms with Gasteiger partial charge in [-0.15, -0.1) is 0 Å². The van der Waals surface area contributed by atoms with Crippen LogP contribution in [-0.4, -0.2) is 58.2 Å². The standard InChI is InChI=1S/C19H18N6O3S/c26-17-14(29-19(28)23-17)12-15-20-7-6-16(22-15)24-8-10-25(11-9-24)18(27)21-13-4-2-1-3-5-13/h1-7,12H,8-11H2,(H,21,27)(H,23,26,28)/b14-12-. The Morgan fingerprint density at radius 1 is 1.10 bits per heavy atom. The molecule has 0 radical (unpaired) electrons. The van der Waals surface area contributed by atoms with Crippen LogP contribution in [0.4, 0.5) is 21.1 Å². The smallest absolute Gasteiger partial charge is 0.321 e. The summed E-state index contributed by atoms with van der Waals surface area (Å²) < 4.78 is 0. The summed E-state index contributed by atoms with van der Waals surface area (Å²) in [4.78, 5) is 48.1. The molecule has 0 atom stereocenters. The number of piperazine rings is 1. The van der Waals surface area contributed by atoms with Gasteiger partial charge in [-0.1, -0.05) is 18.2 Å². The summed E-state index contributed by atoms with van der Waals surface area (Å²) in [5.41, 5.74) is 0.765. The SMILES string of the molecule is O=C1NC(=O)/C(=C/c2nccc(N3CCN(C(=O)Nc4ccccc4)CC3)n2)S1. The number of urea groups is 1. The summed E-state index contributed by atoms with van der Waals surface area (Å²) in [7, 11) is 0. The van der Waals surface area contributed by atoms with Crippen molar-refractivity contribution in [3.05, 3.63) is 53.3 Å². The molecule has 0 saturated carbocycles. The number of benzene rings is 1. The summed E-state index contributed by atoms with van der Waals surface area (Å²) >= 11 is 0.831. The molecule has 0 bridgehead atoms. The second kappa shape index (κ2) is 8.31. The van der Waals surface area contributed by atoms with Crippen molar-refractivity contribution in [2.45, 2.75) is 0 Å². The monoisotopic (exact) mass is 410 g/mol. The van der Waals surface area contributed by atoms with Crippen LogP contribution in [0.2, 0.25) is 0 Å². The maximum Gasteiger partial charge on any atom is 0.321 e. The van der Waals surface area contributed by atoms with Crippen molar-refractivity contribution in [3.63, 3.8) is 0 Å². The van der Waals surface area contributed by atoms with E-state index in [4.69, 9.17) is 0 Å². The van der Waals surface area contributed by atoms with Gasteiger partial charge in [-0.3, -0.25) is 14.9 Å². The Bertz CT molecular complexity index is 973. The Hall–Kier alpha value is -3.40. The Morgan fingerprint density at radius 3 is 2.55 bits per heavy atom. The van der Waals surface area contributed by atoms with Crippen LogP contribution in [0.25, 0.3) is 6.08 Å². The van der Waals surface area contributed by atoms with E-state index in [9.17, 15) is 14.4 Å². The number of imide groups is 1. The Labute approximate surface area is 171 Å². The lowest BCUT2D eigenvalue weighted by molar-refractivity contribution is -0.115. The molecule has 2 N–H and O–H groups in total. The molecular weight excluding hydrogens is 392 g/mol. The summed E-state index contributed by atoms with van der Waals surface area (Å²) in [6.07, 6.45) is 3.11. The second-order valence-corrected chi connectivity index (χ2v) is 7.41. The fraction of sp³-hybridized carbons (Fsp3) is 0.211. The van der Waals surface area contributed by atoms with Gasteiger partial charge in [0.25, 0.3) is 11.1 Å². The maximum atomic E-state index is 12.4. The van der Waals surface area contributed by atoms with Crippen LogP contribution < -0.4 is 15.5 Å². The highest BCUT2D eigenvalue weighted by atomic mass is 32.2.